The second kappa shape index (κ2) is 4.98. The van der Waals surface area contributed by atoms with Crippen molar-refractivity contribution >= 4 is 5.97 Å². The summed E-state index contributed by atoms with van der Waals surface area (Å²) in [6.07, 6.45) is 2.41. The standard InChI is InChI=1S/C14H19NO3/c1-18-11-5-3-10(4-6-11)12(9-15)14(13(16)17)7-2-8-14/h3-6,12H,2,7-9,15H2,1H3,(H,16,17)/t12-/m1/s1. The number of ether oxygens (including phenoxy) is 1. The third kappa shape index (κ3) is 1.97. The number of carboxylic acids is 1. The quantitative estimate of drug-likeness (QED) is 0.837. The number of carboxylic acid groups (broad SMARTS) is 1. The van der Waals surface area contributed by atoms with Crippen LogP contribution in [0.2, 0.25) is 0 Å². The highest BCUT2D eigenvalue weighted by Gasteiger charge is 2.50. The first-order valence-electron chi connectivity index (χ1n) is 6.21. The molecule has 0 bridgehead atoms. The molecule has 0 radical (unpaired) electrons. The molecule has 1 saturated carbocycles. The zero-order valence-electron chi connectivity index (χ0n) is 10.6. The monoisotopic (exact) mass is 249 g/mol. The Morgan fingerprint density at radius 1 is 1.44 bits per heavy atom. The van der Waals surface area contributed by atoms with Crippen LogP contribution in [0.15, 0.2) is 24.3 Å². The summed E-state index contributed by atoms with van der Waals surface area (Å²) in [7, 11) is 1.61. The molecule has 1 fully saturated rings. The van der Waals surface area contributed by atoms with Crippen molar-refractivity contribution < 1.29 is 14.6 Å². The van der Waals surface area contributed by atoms with Gasteiger partial charge in [0.15, 0.2) is 0 Å². The maximum absolute atomic E-state index is 11.5. The van der Waals surface area contributed by atoms with Crippen molar-refractivity contribution in [3.63, 3.8) is 0 Å². The Bertz CT molecular complexity index is 423. The summed E-state index contributed by atoms with van der Waals surface area (Å²) in [6, 6.07) is 7.54. The van der Waals surface area contributed by atoms with Gasteiger partial charge in [0.25, 0.3) is 0 Å². The lowest BCUT2D eigenvalue weighted by Crippen LogP contribution is -2.45. The average molecular weight is 249 g/mol. The zero-order chi connectivity index (χ0) is 13.2. The van der Waals surface area contributed by atoms with Crippen LogP contribution in [0.4, 0.5) is 0 Å². The molecule has 1 aromatic rings. The molecular weight excluding hydrogens is 230 g/mol. The number of carbonyl (C=O) groups is 1. The molecular formula is C14H19NO3. The Morgan fingerprint density at radius 3 is 2.39 bits per heavy atom. The summed E-state index contributed by atoms with van der Waals surface area (Å²) >= 11 is 0. The molecule has 0 spiro atoms. The van der Waals surface area contributed by atoms with Crippen LogP contribution in [0, 0.1) is 5.41 Å². The number of methoxy groups -OCH3 is 1. The second-order valence-electron chi connectivity index (χ2n) is 4.88. The van der Waals surface area contributed by atoms with Crippen molar-refractivity contribution in [3.8, 4) is 5.75 Å². The molecule has 4 heteroatoms. The first-order valence-corrected chi connectivity index (χ1v) is 6.21. The largest absolute Gasteiger partial charge is 0.497 e. The van der Waals surface area contributed by atoms with Crippen LogP contribution in [-0.4, -0.2) is 24.7 Å². The molecule has 1 aliphatic rings. The molecule has 0 unspecified atom stereocenters. The van der Waals surface area contributed by atoms with E-state index >= 15 is 0 Å². The average Bonchev–Trinajstić information content (AvgIpc) is 2.33. The van der Waals surface area contributed by atoms with Crippen LogP contribution in [0.3, 0.4) is 0 Å². The third-order valence-electron chi connectivity index (χ3n) is 4.09. The molecule has 2 rings (SSSR count). The Labute approximate surface area is 107 Å². The van der Waals surface area contributed by atoms with Gasteiger partial charge in [0.2, 0.25) is 0 Å². The summed E-state index contributed by atoms with van der Waals surface area (Å²) in [6.45, 7) is 0.360. The topological polar surface area (TPSA) is 72.5 Å². The molecule has 0 aliphatic heterocycles. The van der Waals surface area contributed by atoms with E-state index in [1.165, 1.54) is 0 Å². The first kappa shape index (κ1) is 12.9. The Morgan fingerprint density at radius 2 is 2.06 bits per heavy atom. The molecule has 0 aromatic heterocycles. The fourth-order valence-electron chi connectivity index (χ4n) is 2.79. The van der Waals surface area contributed by atoms with E-state index in [-0.39, 0.29) is 5.92 Å². The predicted molar refractivity (Wildman–Crippen MR) is 68.7 cm³/mol. The number of nitrogens with two attached hydrogens (primary N) is 1. The van der Waals surface area contributed by atoms with Gasteiger partial charge in [0, 0.05) is 12.5 Å². The SMILES string of the molecule is COc1ccc([C@@H](CN)C2(C(=O)O)CCC2)cc1. The minimum absolute atomic E-state index is 0.116. The highest BCUT2D eigenvalue weighted by molar-refractivity contribution is 5.77. The lowest BCUT2D eigenvalue weighted by Gasteiger charge is -2.44. The van der Waals surface area contributed by atoms with Gasteiger partial charge >= 0.3 is 5.97 Å². The highest BCUT2D eigenvalue weighted by atomic mass is 16.5. The summed E-state index contributed by atoms with van der Waals surface area (Å²) in [5.74, 6) is -0.0674. The summed E-state index contributed by atoms with van der Waals surface area (Å²) in [5, 5.41) is 9.47. The van der Waals surface area contributed by atoms with Crippen molar-refractivity contribution in [1.82, 2.24) is 0 Å². The fraction of sp³-hybridized carbons (Fsp3) is 0.500. The van der Waals surface area contributed by atoms with E-state index in [0.29, 0.717) is 6.54 Å². The van der Waals surface area contributed by atoms with E-state index in [9.17, 15) is 9.90 Å². The Balaban J connectivity index is 2.29. The van der Waals surface area contributed by atoms with Gasteiger partial charge in [-0.05, 0) is 30.5 Å². The normalized spacial score (nSPS) is 18.8. The van der Waals surface area contributed by atoms with Crippen molar-refractivity contribution in [2.24, 2.45) is 11.1 Å². The molecule has 0 heterocycles. The minimum atomic E-state index is -0.722. The van der Waals surface area contributed by atoms with Crippen molar-refractivity contribution in [2.45, 2.75) is 25.2 Å². The van der Waals surface area contributed by atoms with Crippen LogP contribution >= 0.6 is 0 Å². The molecule has 98 valence electrons. The van der Waals surface area contributed by atoms with E-state index in [2.05, 4.69) is 0 Å². The third-order valence-corrected chi connectivity index (χ3v) is 4.09. The molecule has 1 aliphatic carbocycles. The Kier molecular flexibility index (Phi) is 3.57. The van der Waals surface area contributed by atoms with Crippen molar-refractivity contribution in [3.05, 3.63) is 29.8 Å². The van der Waals surface area contributed by atoms with Gasteiger partial charge in [0.05, 0.1) is 12.5 Å². The van der Waals surface area contributed by atoms with Crippen molar-refractivity contribution in [1.29, 1.82) is 0 Å². The van der Waals surface area contributed by atoms with Crippen LogP contribution in [0.5, 0.6) is 5.75 Å². The molecule has 1 aromatic carbocycles. The molecule has 18 heavy (non-hydrogen) atoms. The minimum Gasteiger partial charge on any atom is -0.497 e. The van der Waals surface area contributed by atoms with Gasteiger partial charge in [-0.2, -0.15) is 0 Å². The van der Waals surface area contributed by atoms with E-state index in [1.807, 2.05) is 24.3 Å². The Hall–Kier alpha value is -1.55. The van der Waals surface area contributed by atoms with Gasteiger partial charge in [-0.15, -0.1) is 0 Å². The van der Waals surface area contributed by atoms with Gasteiger partial charge in [-0.3, -0.25) is 4.79 Å². The smallest absolute Gasteiger partial charge is 0.310 e. The van der Waals surface area contributed by atoms with Crippen LogP contribution in [-0.2, 0) is 4.79 Å². The van der Waals surface area contributed by atoms with E-state index in [4.69, 9.17) is 10.5 Å². The summed E-state index contributed by atoms with van der Waals surface area (Å²) < 4.78 is 5.11. The number of benzene rings is 1. The molecule has 0 saturated heterocycles. The number of hydrogen-bond donors (Lipinski definition) is 2. The zero-order valence-corrected chi connectivity index (χ0v) is 10.6. The number of hydrogen-bond acceptors (Lipinski definition) is 3. The molecule has 3 N–H and O–H groups in total. The fourth-order valence-corrected chi connectivity index (χ4v) is 2.79. The van der Waals surface area contributed by atoms with Crippen molar-refractivity contribution in [2.75, 3.05) is 13.7 Å². The predicted octanol–water partition coefficient (Wildman–Crippen LogP) is 1.99. The van der Waals surface area contributed by atoms with Gasteiger partial charge < -0.3 is 15.6 Å². The van der Waals surface area contributed by atoms with Gasteiger partial charge in [0.1, 0.15) is 5.75 Å². The van der Waals surface area contributed by atoms with Crippen LogP contribution in [0.1, 0.15) is 30.7 Å². The molecule has 0 amide bonds. The maximum Gasteiger partial charge on any atom is 0.310 e. The lowest BCUT2D eigenvalue weighted by molar-refractivity contribution is -0.156. The summed E-state index contributed by atoms with van der Waals surface area (Å²) in [5.41, 5.74) is 6.14. The molecule has 4 nitrogen and oxygen atoms in total. The summed E-state index contributed by atoms with van der Waals surface area (Å²) in [4.78, 5) is 11.5. The van der Waals surface area contributed by atoms with E-state index in [1.54, 1.807) is 7.11 Å². The van der Waals surface area contributed by atoms with Crippen LogP contribution < -0.4 is 10.5 Å². The van der Waals surface area contributed by atoms with E-state index < -0.39 is 11.4 Å². The number of rotatable bonds is 5. The molecule has 1 atom stereocenters. The van der Waals surface area contributed by atoms with Crippen LogP contribution in [0.25, 0.3) is 0 Å². The highest BCUT2D eigenvalue weighted by Crippen LogP contribution is 2.51. The first-order chi connectivity index (χ1) is 8.64. The lowest BCUT2D eigenvalue weighted by atomic mass is 9.59. The van der Waals surface area contributed by atoms with E-state index in [0.717, 1.165) is 30.6 Å². The van der Waals surface area contributed by atoms with Gasteiger partial charge in [-0.25, -0.2) is 0 Å². The van der Waals surface area contributed by atoms with Gasteiger partial charge in [-0.1, -0.05) is 18.6 Å². The number of aliphatic carboxylic acids is 1. The second-order valence-corrected chi connectivity index (χ2v) is 4.88. The maximum atomic E-state index is 11.5.